The molecular weight excluding hydrogens is 405 g/mol. The first-order valence-electron chi connectivity index (χ1n) is 7.95. The zero-order chi connectivity index (χ0) is 16.0. The molecule has 0 unspecified atom stereocenters. The van der Waals surface area contributed by atoms with Gasteiger partial charge in [-0.2, -0.15) is 0 Å². The summed E-state index contributed by atoms with van der Waals surface area (Å²) >= 11 is 0. The molecule has 0 aliphatic carbocycles. The van der Waals surface area contributed by atoms with Crippen LogP contribution in [0.5, 0.6) is 0 Å². The van der Waals surface area contributed by atoms with E-state index in [0.717, 1.165) is 37.7 Å². The summed E-state index contributed by atoms with van der Waals surface area (Å²) in [6.07, 6.45) is 5.41. The van der Waals surface area contributed by atoms with Crippen molar-refractivity contribution in [3.8, 4) is 0 Å². The largest absolute Gasteiger partial charge is 0.469 e. The van der Waals surface area contributed by atoms with Gasteiger partial charge in [-0.05, 0) is 24.5 Å². The highest BCUT2D eigenvalue weighted by Gasteiger charge is 1.99. The molecule has 0 bridgehead atoms. The molecule has 0 spiro atoms. The Hall–Kier alpha value is -1.02. The Kier molecular flexibility index (Phi) is 13.9. The number of nitrogens with zero attached hydrogens (tertiary/aromatic N) is 1. The summed E-state index contributed by atoms with van der Waals surface area (Å²) in [6, 6.07) is 3.87. The number of hydrogen-bond donors (Lipinski definition) is 2. The van der Waals surface area contributed by atoms with E-state index in [4.69, 9.17) is 9.15 Å². The molecule has 0 fully saturated rings. The lowest BCUT2D eigenvalue weighted by Gasteiger charge is -2.11. The molecule has 0 aromatic carbocycles. The number of aliphatic imine (C=N–C) groups is 1. The zero-order valence-corrected chi connectivity index (χ0v) is 16.5. The number of rotatable bonds is 11. The first-order valence-corrected chi connectivity index (χ1v) is 7.95. The van der Waals surface area contributed by atoms with E-state index in [9.17, 15) is 0 Å². The summed E-state index contributed by atoms with van der Waals surface area (Å²) in [6.45, 7) is 11.6. The third-order valence-corrected chi connectivity index (χ3v) is 3.00. The molecule has 6 heteroatoms. The topological polar surface area (TPSA) is 58.8 Å². The number of guanidine groups is 1. The SMILES string of the molecule is C=CCNC(=NCCOCCC(C)C)NCCc1ccco1.I. The Morgan fingerprint density at radius 1 is 1.39 bits per heavy atom. The Labute approximate surface area is 157 Å². The first kappa shape index (κ1) is 22.0. The number of nitrogens with one attached hydrogen (secondary N) is 2. The van der Waals surface area contributed by atoms with Crippen molar-refractivity contribution in [1.29, 1.82) is 0 Å². The van der Waals surface area contributed by atoms with Gasteiger partial charge in [0.05, 0.1) is 19.4 Å². The van der Waals surface area contributed by atoms with Crippen LogP contribution in [0.25, 0.3) is 0 Å². The zero-order valence-electron chi connectivity index (χ0n) is 14.2. The van der Waals surface area contributed by atoms with E-state index in [-0.39, 0.29) is 24.0 Å². The molecule has 1 rings (SSSR count). The Morgan fingerprint density at radius 3 is 2.87 bits per heavy atom. The lowest BCUT2D eigenvalue weighted by atomic mass is 10.1. The monoisotopic (exact) mass is 435 g/mol. The number of halogens is 1. The summed E-state index contributed by atoms with van der Waals surface area (Å²) in [4.78, 5) is 4.49. The quantitative estimate of drug-likeness (QED) is 0.184. The maximum Gasteiger partial charge on any atom is 0.191 e. The molecule has 0 saturated carbocycles. The number of hydrogen-bond acceptors (Lipinski definition) is 3. The van der Waals surface area contributed by atoms with E-state index in [1.807, 2.05) is 18.2 Å². The molecule has 1 aromatic heterocycles. The van der Waals surface area contributed by atoms with Gasteiger partial charge in [0, 0.05) is 26.1 Å². The fraction of sp³-hybridized carbons (Fsp3) is 0.588. The minimum absolute atomic E-state index is 0. The summed E-state index contributed by atoms with van der Waals surface area (Å²) in [5.41, 5.74) is 0. The average Bonchev–Trinajstić information content (AvgIpc) is 3.00. The molecule has 0 aliphatic rings. The summed E-state index contributed by atoms with van der Waals surface area (Å²) in [7, 11) is 0. The number of ether oxygens (including phenoxy) is 1. The third-order valence-electron chi connectivity index (χ3n) is 3.00. The van der Waals surface area contributed by atoms with Crippen LogP contribution < -0.4 is 10.6 Å². The highest BCUT2D eigenvalue weighted by molar-refractivity contribution is 14.0. The van der Waals surface area contributed by atoms with Gasteiger partial charge in [0.25, 0.3) is 0 Å². The van der Waals surface area contributed by atoms with Gasteiger partial charge >= 0.3 is 0 Å². The average molecular weight is 435 g/mol. The second-order valence-electron chi connectivity index (χ2n) is 5.45. The van der Waals surface area contributed by atoms with E-state index < -0.39 is 0 Å². The van der Waals surface area contributed by atoms with Crippen LogP contribution in [0.15, 0.2) is 40.5 Å². The van der Waals surface area contributed by atoms with Crippen molar-refractivity contribution < 1.29 is 9.15 Å². The molecular formula is C17H30IN3O2. The fourth-order valence-electron chi connectivity index (χ4n) is 1.75. The predicted molar refractivity (Wildman–Crippen MR) is 107 cm³/mol. The summed E-state index contributed by atoms with van der Waals surface area (Å²) < 4.78 is 10.9. The highest BCUT2D eigenvalue weighted by Crippen LogP contribution is 1.99. The lowest BCUT2D eigenvalue weighted by molar-refractivity contribution is 0.130. The molecule has 1 aromatic rings. The van der Waals surface area contributed by atoms with Gasteiger partial charge in [-0.1, -0.05) is 19.9 Å². The van der Waals surface area contributed by atoms with Gasteiger partial charge in [-0.3, -0.25) is 4.99 Å². The maximum atomic E-state index is 5.56. The van der Waals surface area contributed by atoms with E-state index in [0.29, 0.717) is 25.6 Å². The van der Waals surface area contributed by atoms with Gasteiger partial charge in [0.15, 0.2) is 5.96 Å². The smallest absolute Gasteiger partial charge is 0.191 e. The van der Waals surface area contributed by atoms with Crippen molar-refractivity contribution in [2.75, 3.05) is 32.8 Å². The van der Waals surface area contributed by atoms with E-state index in [2.05, 4.69) is 36.1 Å². The van der Waals surface area contributed by atoms with Crippen molar-refractivity contribution >= 4 is 29.9 Å². The van der Waals surface area contributed by atoms with Crippen molar-refractivity contribution in [2.24, 2.45) is 10.9 Å². The van der Waals surface area contributed by atoms with Crippen molar-refractivity contribution in [2.45, 2.75) is 26.7 Å². The summed E-state index contributed by atoms with van der Waals surface area (Å²) in [5.74, 6) is 2.42. The lowest BCUT2D eigenvalue weighted by Crippen LogP contribution is -2.38. The Morgan fingerprint density at radius 2 is 2.22 bits per heavy atom. The molecule has 0 saturated heterocycles. The van der Waals surface area contributed by atoms with Gasteiger partial charge in [0.1, 0.15) is 5.76 Å². The third kappa shape index (κ3) is 12.1. The van der Waals surface area contributed by atoms with Crippen LogP contribution in [0.3, 0.4) is 0 Å². The fourth-order valence-corrected chi connectivity index (χ4v) is 1.75. The summed E-state index contributed by atoms with van der Waals surface area (Å²) in [5, 5.41) is 6.47. The standard InChI is InChI=1S/C17H29N3O2.HI/c1-4-9-18-17(19-10-7-16-6-5-12-22-16)20-11-14-21-13-8-15(2)3;/h4-6,12,15H,1,7-11,13-14H2,2-3H3,(H2,18,19,20);1H. The van der Waals surface area contributed by atoms with E-state index in [1.165, 1.54) is 0 Å². The van der Waals surface area contributed by atoms with Crippen LogP contribution in [0, 0.1) is 5.92 Å². The molecule has 5 nitrogen and oxygen atoms in total. The molecule has 2 N–H and O–H groups in total. The Balaban J connectivity index is 0.00000484. The minimum Gasteiger partial charge on any atom is -0.469 e. The van der Waals surface area contributed by atoms with Crippen molar-refractivity contribution in [1.82, 2.24) is 10.6 Å². The molecule has 1 heterocycles. The van der Waals surface area contributed by atoms with Gasteiger partial charge in [0.2, 0.25) is 0 Å². The van der Waals surface area contributed by atoms with Crippen LogP contribution >= 0.6 is 24.0 Å². The molecule has 132 valence electrons. The highest BCUT2D eigenvalue weighted by atomic mass is 127. The van der Waals surface area contributed by atoms with Crippen molar-refractivity contribution in [3.63, 3.8) is 0 Å². The van der Waals surface area contributed by atoms with E-state index >= 15 is 0 Å². The van der Waals surface area contributed by atoms with Gasteiger partial charge in [-0.15, -0.1) is 30.6 Å². The van der Waals surface area contributed by atoms with Crippen LogP contribution in [-0.4, -0.2) is 38.8 Å². The van der Waals surface area contributed by atoms with Crippen LogP contribution in [-0.2, 0) is 11.2 Å². The second-order valence-corrected chi connectivity index (χ2v) is 5.45. The maximum absolute atomic E-state index is 5.56. The van der Waals surface area contributed by atoms with Crippen LogP contribution in [0.2, 0.25) is 0 Å². The van der Waals surface area contributed by atoms with Gasteiger partial charge in [-0.25, -0.2) is 0 Å². The van der Waals surface area contributed by atoms with E-state index in [1.54, 1.807) is 6.26 Å². The molecule has 0 atom stereocenters. The van der Waals surface area contributed by atoms with Gasteiger partial charge < -0.3 is 19.8 Å². The number of furan rings is 1. The van der Waals surface area contributed by atoms with Crippen molar-refractivity contribution in [3.05, 3.63) is 36.8 Å². The first-order chi connectivity index (χ1) is 10.7. The molecule has 0 amide bonds. The Bertz CT molecular complexity index is 419. The predicted octanol–water partition coefficient (Wildman–Crippen LogP) is 3.22. The minimum atomic E-state index is 0. The van der Waals surface area contributed by atoms with Crippen LogP contribution in [0.4, 0.5) is 0 Å². The molecule has 23 heavy (non-hydrogen) atoms. The normalized spacial score (nSPS) is 11.2. The molecule has 0 aliphatic heterocycles. The molecule has 0 radical (unpaired) electrons. The second kappa shape index (κ2) is 14.6. The van der Waals surface area contributed by atoms with Crippen LogP contribution in [0.1, 0.15) is 26.0 Å².